The number of aliphatic imine (C=N–C) groups is 1. The van der Waals surface area contributed by atoms with Gasteiger partial charge in [0.25, 0.3) is 0 Å². The van der Waals surface area contributed by atoms with Gasteiger partial charge in [0.15, 0.2) is 0 Å². The number of hydrogen-bond acceptors (Lipinski definition) is 2. The molecule has 2 aliphatic heterocycles. The van der Waals surface area contributed by atoms with Gasteiger partial charge in [-0.05, 0) is 17.2 Å². The highest BCUT2D eigenvalue weighted by Crippen LogP contribution is 2.56. The molecule has 0 aliphatic carbocycles. The fourth-order valence-corrected chi connectivity index (χ4v) is 4.12. The summed E-state index contributed by atoms with van der Waals surface area (Å²) < 4.78 is 0. The van der Waals surface area contributed by atoms with Crippen molar-refractivity contribution in [2.45, 2.75) is 18.2 Å². The summed E-state index contributed by atoms with van der Waals surface area (Å²) >= 11 is 6.48. The maximum Gasteiger partial charge on any atom is 0.131 e. The van der Waals surface area contributed by atoms with Crippen molar-refractivity contribution >= 4 is 17.3 Å². The zero-order valence-electron chi connectivity index (χ0n) is 13.6. The first-order chi connectivity index (χ1) is 12.3. The Hall–Kier alpha value is -2.42. The molecule has 0 radical (unpaired) electrons. The number of rotatable bonds is 3. The SMILES string of the molecule is Clc1ccccc1[C@@H]1N=C(c2ccccc2)[C@@H]2[C@@H](c3ccccc3)N21. The van der Waals surface area contributed by atoms with Crippen LogP contribution < -0.4 is 0 Å². The topological polar surface area (TPSA) is 15.4 Å². The molecule has 0 aromatic heterocycles. The molecule has 3 heteroatoms. The molecular formula is C22H17ClN2. The van der Waals surface area contributed by atoms with Crippen LogP contribution in [0.15, 0.2) is 89.9 Å². The number of nitrogens with zero attached hydrogens (tertiary/aromatic N) is 2. The third-order valence-corrected chi connectivity index (χ3v) is 5.41. The Morgan fingerprint density at radius 1 is 0.720 bits per heavy atom. The quantitative estimate of drug-likeness (QED) is 0.591. The minimum atomic E-state index is -0.0147. The van der Waals surface area contributed by atoms with Gasteiger partial charge < -0.3 is 0 Å². The van der Waals surface area contributed by atoms with E-state index in [1.54, 1.807) is 0 Å². The molecule has 1 saturated heterocycles. The standard InChI is InChI=1S/C22H17ClN2/c23-18-14-8-7-13-17(18)22-24-19(15-9-3-1-4-10-15)21-20(25(21)22)16-11-5-2-6-12-16/h1-14,20-22H/t20-,21-,22-,25?/m1/s1. The lowest BCUT2D eigenvalue weighted by molar-refractivity contribution is 0.404. The van der Waals surface area contributed by atoms with Gasteiger partial charge in [-0.15, -0.1) is 0 Å². The molecule has 0 N–H and O–H groups in total. The monoisotopic (exact) mass is 344 g/mol. The van der Waals surface area contributed by atoms with E-state index in [-0.39, 0.29) is 6.17 Å². The molecule has 3 aromatic carbocycles. The Balaban J connectivity index is 1.60. The molecule has 0 bridgehead atoms. The predicted octanol–water partition coefficient (Wildman–Crippen LogP) is 5.27. The molecule has 2 nitrogen and oxygen atoms in total. The molecule has 0 saturated carbocycles. The lowest BCUT2D eigenvalue weighted by Crippen LogP contribution is -2.08. The first-order valence-electron chi connectivity index (χ1n) is 8.54. The lowest BCUT2D eigenvalue weighted by atomic mass is 10.0. The van der Waals surface area contributed by atoms with Gasteiger partial charge in [-0.1, -0.05) is 90.5 Å². The fraction of sp³-hybridized carbons (Fsp3) is 0.136. The van der Waals surface area contributed by atoms with Crippen molar-refractivity contribution in [1.82, 2.24) is 4.90 Å². The first kappa shape index (κ1) is 14.9. The van der Waals surface area contributed by atoms with Crippen LogP contribution in [0.1, 0.15) is 28.9 Å². The van der Waals surface area contributed by atoms with Crippen molar-refractivity contribution < 1.29 is 0 Å². The molecule has 25 heavy (non-hydrogen) atoms. The summed E-state index contributed by atoms with van der Waals surface area (Å²) in [7, 11) is 0. The van der Waals surface area contributed by atoms with Gasteiger partial charge in [0.05, 0.1) is 17.8 Å². The number of halogens is 1. The molecule has 2 heterocycles. The van der Waals surface area contributed by atoms with Crippen molar-refractivity contribution in [3.05, 3.63) is 107 Å². The van der Waals surface area contributed by atoms with E-state index in [1.807, 2.05) is 24.3 Å². The van der Waals surface area contributed by atoms with E-state index < -0.39 is 0 Å². The zero-order valence-corrected chi connectivity index (χ0v) is 14.3. The Bertz CT molecular complexity index is 937. The number of fused-ring (bicyclic) bond motifs is 1. The van der Waals surface area contributed by atoms with E-state index in [1.165, 1.54) is 16.8 Å². The maximum atomic E-state index is 6.48. The Morgan fingerprint density at radius 3 is 2.08 bits per heavy atom. The summed E-state index contributed by atoms with van der Waals surface area (Å²) in [6.45, 7) is 0. The lowest BCUT2D eigenvalue weighted by Gasteiger charge is -2.15. The summed E-state index contributed by atoms with van der Waals surface area (Å²) in [6, 6.07) is 29.9. The van der Waals surface area contributed by atoms with Crippen LogP contribution in [0.5, 0.6) is 0 Å². The highest BCUT2D eigenvalue weighted by molar-refractivity contribution is 6.31. The molecular weight excluding hydrogens is 328 g/mol. The second-order valence-electron chi connectivity index (χ2n) is 6.52. The van der Waals surface area contributed by atoms with Crippen molar-refractivity contribution in [2.75, 3.05) is 0 Å². The largest absolute Gasteiger partial charge is 0.263 e. The molecule has 1 unspecified atom stereocenters. The third-order valence-electron chi connectivity index (χ3n) is 5.07. The first-order valence-corrected chi connectivity index (χ1v) is 8.92. The number of benzene rings is 3. The average Bonchev–Trinajstić information content (AvgIpc) is 3.29. The molecule has 5 rings (SSSR count). The van der Waals surface area contributed by atoms with Gasteiger partial charge in [0.2, 0.25) is 0 Å². The van der Waals surface area contributed by atoms with Crippen molar-refractivity contribution in [3.63, 3.8) is 0 Å². The van der Waals surface area contributed by atoms with Gasteiger partial charge in [-0.25, -0.2) is 0 Å². The smallest absolute Gasteiger partial charge is 0.131 e. The second-order valence-corrected chi connectivity index (χ2v) is 6.93. The fourth-order valence-electron chi connectivity index (χ4n) is 3.89. The molecule has 0 amide bonds. The van der Waals surface area contributed by atoms with Crippen LogP contribution in [-0.2, 0) is 0 Å². The average molecular weight is 345 g/mol. The van der Waals surface area contributed by atoms with Crippen LogP contribution >= 0.6 is 11.6 Å². The van der Waals surface area contributed by atoms with Crippen molar-refractivity contribution in [2.24, 2.45) is 4.99 Å². The summed E-state index contributed by atoms with van der Waals surface area (Å²) in [5.41, 5.74) is 4.79. The van der Waals surface area contributed by atoms with Gasteiger partial charge in [-0.3, -0.25) is 9.89 Å². The molecule has 2 aliphatic rings. The van der Waals surface area contributed by atoms with E-state index in [4.69, 9.17) is 16.6 Å². The molecule has 4 atom stereocenters. The Kier molecular flexibility index (Phi) is 3.47. The summed E-state index contributed by atoms with van der Waals surface area (Å²) in [6.07, 6.45) is -0.0147. The van der Waals surface area contributed by atoms with Crippen LogP contribution in [-0.4, -0.2) is 16.7 Å². The van der Waals surface area contributed by atoms with Gasteiger partial charge in [0.1, 0.15) is 6.17 Å². The predicted molar refractivity (Wildman–Crippen MR) is 102 cm³/mol. The molecule has 3 aromatic rings. The van der Waals surface area contributed by atoms with E-state index in [0.29, 0.717) is 12.1 Å². The highest BCUT2D eigenvalue weighted by atomic mass is 35.5. The van der Waals surface area contributed by atoms with E-state index in [2.05, 4.69) is 65.6 Å². The minimum Gasteiger partial charge on any atom is -0.263 e. The normalized spacial score (nSPS) is 26.8. The van der Waals surface area contributed by atoms with E-state index in [9.17, 15) is 0 Å². The maximum absolute atomic E-state index is 6.48. The van der Waals surface area contributed by atoms with Crippen LogP contribution in [0.4, 0.5) is 0 Å². The minimum absolute atomic E-state index is 0.0147. The summed E-state index contributed by atoms with van der Waals surface area (Å²) in [5.74, 6) is 0. The van der Waals surface area contributed by atoms with E-state index >= 15 is 0 Å². The van der Waals surface area contributed by atoms with Crippen LogP contribution in [0, 0.1) is 0 Å². The van der Waals surface area contributed by atoms with Crippen molar-refractivity contribution in [1.29, 1.82) is 0 Å². The Morgan fingerprint density at radius 2 is 1.36 bits per heavy atom. The second kappa shape index (κ2) is 5.83. The van der Waals surface area contributed by atoms with Gasteiger partial charge >= 0.3 is 0 Å². The highest BCUT2D eigenvalue weighted by Gasteiger charge is 2.59. The molecule has 122 valence electrons. The molecule has 1 fully saturated rings. The Labute approximate surface area is 152 Å². The molecule has 0 spiro atoms. The van der Waals surface area contributed by atoms with Crippen LogP contribution in [0.3, 0.4) is 0 Å². The summed E-state index contributed by atoms with van der Waals surface area (Å²) in [4.78, 5) is 7.51. The van der Waals surface area contributed by atoms with Crippen LogP contribution in [0.2, 0.25) is 5.02 Å². The van der Waals surface area contributed by atoms with Gasteiger partial charge in [-0.2, -0.15) is 0 Å². The summed E-state index contributed by atoms with van der Waals surface area (Å²) in [5, 5.41) is 0.781. The van der Waals surface area contributed by atoms with Crippen molar-refractivity contribution in [3.8, 4) is 0 Å². The van der Waals surface area contributed by atoms with E-state index in [0.717, 1.165) is 10.6 Å². The van der Waals surface area contributed by atoms with Crippen LogP contribution in [0.25, 0.3) is 0 Å². The van der Waals surface area contributed by atoms with Gasteiger partial charge in [0, 0.05) is 10.6 Å². The number of hydrogen-bond donors (Lipinski definition) is 0. The third kappa shape index (κ3) is 2.41. The zero-order chi connectivity index (χ0) is 16.8.